The van der Waals surface area contributed by atoms with E-state index >= 15 is 0 Å². The van der Waals surface area contributed by atoms with Crippen LogP contribution in [0.4, 0.5) is 5.13 Å². The molecule has 1 fully saturated rings. The molecule has 1 aliphatic rings. The summed E-state index contributed by atoms with van der Waals surface area (Å²) in [5.41, 5.74) is 0. The van der Waals surface area contributed by atoms with Gasteiger partial charge in [-0.05, 0) is 19.8 Å². The zero-order valence-electron chi connectivity index (χ0n) is 12.6. The molecule has 0 spiro atoms. The van der Waals surface area contributed by atoms with E-state index in [0.717, 1.165) is 37.6 Å². The smallest absolute Gasteiger partial charge is 0.309 e. The van der Waals surface area contributed by atoms with Crippen molar-refractivity contribution in [3.05, 3.63) is 29.8 Å². The van der Waals surface area contributed by atoms with Gasteiger partial charge in [-0.1, -0.05) is 0 Å². The fraction of sp³-hybridized carbons (Fsp3) is 0.533. The van der Waals surface area contributed by atoms with Crippen LogP contribution in [0.2, 0.25) is 0 Å². The normalized spacial score (nSPS) is 16.0. The fourth-order valence-electron chi connectivity index (χ4n) is 2.64. The number of carbonyl (C=O) groups excluding carboxylic acids is 1. The summed E-state index contributed by atoms with van der Waals surface area (Å²) >= 11 is 1.71. The van der Waals surface area contributed by atoms with Crippen molar-refractivity contribution in [3.8, 4) is 0 Å². The Balaban J connectivity index is 1.55. The summed E-state index contributed by atoms with van der Waals surface area (Å²) in [7, 11) is 0. The lowest BCUT2D eigenvalue weighted by atomic mass is 9.97. The third kappa shape index (κ3) is 3.47. The maximum atomic E-state index is 11.8. The lowest BCUT2D eigenvalue weighted by Crippen LogP contribution is -2.36. The van der Waals surface area contributed by atoms with Gasteiger partial charge < -0.3 is 14.2 Å². The topological polar surface area (TPSA) is 60.2 Å². The Morgan fingerprint density at radius 3 is 2.95 bits per heavy atom. The monoisotopic (exact) mass is 320 g/mol. The van der Waals surface area contributed by atoms with E-state index < -0.39 is 0 Å². The van der Waals surface area contributed by atoms with E-state index in [1.807, 2.05) is 30.2 Å². The third-order valence-corrected chi connectivity index (χ3v) is 4.87. The van der Waals surface area contributed by atoms with E-state index in [9.17, 15) is 4.79 Å². The van der Waals surface area contributed by atoms with Crippen LogP contribution in [0.1, 0.15) is 24.6 Å². The summed E-state index contributed by atoms with van der Waals surface area (Å²) in [6.45, 7) is 4.84. The highest BCUT2D eigenvalue weighted by Crippen LogP contribution is 2.28. The van der Waals surface area contributed by atoms with Gasteiger partial charge >= 0.3 is 5.97 Å². The molecular formula is C15H20N4O2S. The van der Waals surface area contributed by atoms with Crippen LogP contribution in [-0.2, 0) is 16.1 Å². The molecule has 1 saturated heterocycles. The molecule has 0 bridgehead atoms. The van der Waals surface area contributed by atoms with Gasteiger partial charge in [0.1, 0.15) is 0 Å². The number of carbonyl (C=O) groups is 1. The molecule has 3 heterocycles. The molecule has 0 atom stereocenters. The average molecular weight is 320 g/mol. The first-order chi connectivity index (χ1) is 10.8. The zero-order valence-corrected chi connectivity index (χ0v) is 13.5. The number of hydrogen-bond donors (Lipinski definition) is 0. The molecule has 6 nitrogen and oxygen atoms in total. The van der Waals surface area contributed by atoms with Crippen molar-refractivity contribution in [3.63, 3.8) is 0 Å². The van der Waals surface area contributed by atoms with Gasteiger partial charge in [0, 0.05) is 36.6 Å². The molecule has 0 N–H and O–H groups in total. The first-order valence-corrected chi connectivity index (χ1v) is 8.40. The molecular weight excluding hydrogens is 300 g/mol. The van der Waals surface area contributed by atoms with Crippen molar-refractivity contribution >= 4 is 22.4 Å². The van der Waals surface area contributed by atoms with E-state index in [1.54, 1.807) is 17.5 Å². The van der Waals surface area contributed by atoms with E-state index in [2.05, 4.69) is 14.9 Å². The molecule has 2 aromatic rings. The molecule has 0 amide bonds. The predicted molar refractivity (Wildman–Crippen MR) is 85.0 cm³/mol. The van der Waals surface area contributed by atoms with Crippen molar-refractivity contribution < 1.29 is 9.53 Å². The maximum Gasteiger partial charge on any atom is 0.309 e. The number of aromatic nitrogens is 3. The highest BCUT2D eigenvalue weighted by molar-refractivity contribution is 7.15. The summed E-state index contributed by atoms with van der Waals surface area (Å²) in [5.74, 6) is -0.0105. The van der Waals surface area contributed by atoms with Gasteiger partial charge in [-0.2, -0.15) is 0 Å². The Hall–Kier alpha value is -1.89. The first kappa shape index (κ1) is 15.0. The average Bonchev–Trinajstić information content (AvgIpc) is 3.20. The van der Waals surface area contributed by atoms with E-state index in [4.69, 9.17) is 4.74 Å². The molecule has 2 aromatic heterocycles. The summed E-state index contributed by atoms with van der Waals surface area (Å²) < 4.78 is 7.14. The lowest BCUT2D eigenvalue weighted by molar-refractivity contribution is -0.148. The first-order valence-electron chi connectivity index (χ1n) is 7.58. The summed E-state index contributed by atoms with van der Waals surface area (Å²) in [5, 5.41) is 1.04. The molecule has 3 rings (SSSR count). The minimum Gasteiger partial charge on any atom is -0.466 e. The van der Waals surface area contributed by atoms with Gasteiger partial charge in [-0.25, -0.2) is 9.97 Å². The van der Waals surface area contributed by atoms with Crippen LogP contribution in [0.15, 0.2) is 24.9 Å². The standard InChI is InChI=1S/C15H20N4O2S/c1-2-21-14(20)12-3-6-19(7-4-12)15-17-9-13(22-15)10-18-8-5-16-11-18/h5,8-9,11-12H,2-4,6-7,10H2,1H3. The van der Waals surface area contributed by atoms with Crippen molar-refractivity contribution in [2.24, 2.45) is 5.92 Å². The minimum atomic E-state index is -0.0536. The van der Waals surface area contributed by atoms with Crippen LogP contribution in [0.25, 0.3) is 0 Å². The molecule has 0 saturated carbocycles. The summed E-state index contributed by atoms with van der Waals surface area (Å²) in [4.78, 5) is 23.8. The second-order valence-corrected chi connectivity index (χ2v) is 6.45. The molecule has 118 valence electrons. The summed E-state index contributed by atoms with van der Waals surface area (Å²) in [6.07, 6.45) is 9.15. The van der Waals surface area contributed by atoms with Crippen LogP contribution in [0.3, 0.4) is 0 Å². The van der Waals surface area contributed by atoms with Gasteiger partial charge in [-0.3, -0.25) is 4.79 Å². The zero-order chi connectivity index (χ0) is 15.4. The lowest BCUT2D eigenvalue weighted by Gasteiger charge is -2.30. The van der Waals surface area contributed by atoms with Gasteiger partial charge in [0.15, 0.2) is 5.13 Å². The number of thiazole rings is 1. The number of anilines is 1. The van der Waals surface area contributed by atoms with Crippen LogP contribution in [0.5, 0.6) is 0 Å². The van der Waals surface area contributed by atoms with Crippen molar-refractivity contribution in [1.29, 1.82) is 0 Å². The van der Waals surface area contributed by atoms with Crippen molar-refractivity contribution in [2.75, 3.05) is 24.6 Å². The van der Waals surface area contributed by atoms with Gasteiger partial charge in [0.2, 0.25) is 0 Å². The Labute approximate surface area is 133 Å². The fourth-order valence-corrected chi connectivity index (χ4v) is 3.61. The number of esters is 1. The minimum absolute atomic E-state index is 0.0431. The van der Waals surface area contributed by atoms with Crippen LogP contribution in [-0.4, -0.2) is 40.2 Å². The van der Waals surface area contributed by atoms with E-state index in [1.165, 1.54) is 4.88 Å². The molecule has 0 radical (unpaired) electrons. The van der Waals surface area contributed by atoms with Gasteiger partial charge in [0.05, 0.1) is 25.4 Å². The second-order valence-electron chi connectivity index (χ2n) is 5.36. The molecule has 0 aliphatic carbocycles. The van der Waals surface area contributed by atoms with Gasteiger partial charge in [-0.15, -0.1) is 11.3 Å². The van der Waals surface area contributed by atoms with Crippen LogP contribution >= 0.6 is 11.3 Å². The number of rotatable bonds is 5. The molecule has 0 unspecified atom stereocenters. The Morgan fingerprint density at radius 1 is 1.45 bits per heavy atom. The van der Waals surface area contributed by atoms with Crippen molar-refractivity contribution in [2.45, 2.75) is 26.3 Å². The van der Waals surface area contributed by atoms with E-state index in [0.29, 0.717) is 6.61 Å². The SMILES string of the molecule is CCOC(=O)C1CCN(c2ncc(Cn3ccnc3)s2)CC1. The number of hydrogen-bond acceptors (Lipinski definition) is 6. The maximum absolute atomic E-state index is 11.8. The highest BCUT2D eigenvalue weighted by atomic mass is 32.1. The Morgan fingerprint density at radius 2 is 2.27 bits per heavy atom. The van der Waals surface area contributed by atoms with Crippen LogP contribution < -0.4 is 4.90 Å². The largest absolute Gasteiger partial charge is 0.466 e. The molecule has 7 heteroatoms. The number of nitrogens with zero attached hydrogens (tertiary/aromatic N) is 4. The third-order valence-electron chi connectivity index (χ3n) is 3.82. The predicted octanol–water partition coefficient (Wildman–Crippen LogP) is 2.17. The number of imidazole rings is 1. The number of piperidine rings is 1. The Bertz CT molecular complexity index is 603. The molecule has 1 aliphatic heterocycles. The molecule has 0 aromatic carbocycles. The second kappa shape index (κ2) is 6.91. The Kier molecular flexibility index (Phi) is 4.72. The summed E-state index contributed by atoms with van der Waals surface area (Å²) in [6, 6.07) is 0. The molecule has 22 heavy (non-hydrogen) atoms. The van der Waals surface area contributed by atoms with Crippen LogP contribution in [0, 0.1) is 5.92 Å². The van der Waals surface area contributed by atoms with Crippen molar-refractivity contribution in [1.82, 2.24) is 14.5 Å². The highest BCUT2D eigenvalue weighted by Gasteiger charge is 2.27. The van der Waals surface area contributed by atoms with Gasteiger partial charge in [0.25, 0.3) is 0 Å². The number of ether oxygens (including phenoxy) is 1. The van der Waals surface area contributed by atoms with E-state index in [-0.39, 0.29) is 11.9 Å². The quantitative estimate of drug-likeness (QED) is 0.790.